The van der Waals surface area contributed by atoms with Gasteiger partial charge in [-0.05, 0) is 42.3 Å². The van der Waals surface area contributed by atoms with Gasteiger partial charge in [-0.15, -0.1) is 0 Å². The Morgan fingerprint density at radius 1 is 1.19 bits per heavy atom. The largest absolute Gasteiger partial charge is 0.503 e. The van der Waals surface area contributed by atoms with Crippen molar-refractivity contribution in [1.29, 1.82) is 0 Å². The number of likely N-dealkylation sites (N-methyl/N-ethyl adjacent to an activating group) is 1. The van der Waals surface area contributed by atoms with Gasteiger partial charge in [0.1, 0.15) is 11.5 Å². The van der Waals surface area contributed by atoms with Crippen molar-refractivity contribution in [3.63, 3.8) is 0 Å². The third kappa shape index (κ3) is 3.85. The number of carbonyl (C=O) groups excluding carboxylic acids is 2. The first-order valence-electron chi connectivity index (χ1n) is 8.23. The van der Waals surface area contributed by atoms with Gasteiger partial charge >= 0.3 is 0 Å². The number of hydrogen-bond donors (Lipinski definition) is 2. The van der Waals surface area contributed by atoms with Gasteiger partial charge in [0.05, 0.1) is 12.1 Å². The van der Waals surface area contributed by atoms with E-state index in [1.54, 1.807) is 0 Å². The second-order valence-electron chi connectivity index (χ2n) is 6.23. The highest BCUT2D eigenvalue weighted by atomic mass is 16.5. The van der Waals surface area contributed by atoms with Crippen LogP contribution in [0.5, 0.6) is 11.5 Å². The molecule has 26 heavy (non-hydrogen) atoms. The molecular formula is C20H20N2O4. The van der Waals surface area contributed by atoms with Crippen molar-refractivity contribution in [2.24, 2.45) is 0 Å². The number of ether oxygens (including phenoxy) is 1. The fraction of sp³-hybridized carbons (Fsp3) is 0.200. The zero-order valence-corrected chi connectivity index (χ0v) is 14.7. The molecule has 0 aromatic heterocycles. The van der Waals surface area contributed by atoms with E-state index in [9.17, 15) is 14.7 Å². The molecule has 1 aliphatic rings. The molecule has 0 unspecified atom stereocenters. The van der Waals surface area contributed by atoms with Crippen molar-refractivity contribution in [1.82, 2.24) is 10.2 Å². The Labute approximate surface area is 151 Å². The Balaban J connectivity index is 1.58. The van der Waals surface area contributed by atoms with Gasteiger partial charge in [0.25, 0.3) is 11.8 Å². The summed E-state index contributed by atoms with van der Waals surface area (Å²) in [6.07, 6.45) is 0. The number of benzene rings is 2. The zero-order valence-electron chi connectivity index (χ0n) is 14.7. The monoisotopic (exact) mass is 352 g/mol. The van der Waals surface area contributed by atoms with Gasteiger partial charge in [0, 0.05) is 13.6 Å². The molecule has 2 amide bonds. The van der Waals surface area contributed by atoms with Gasteiger partial charge in [-0.2, -0.15) is 0 Å². The third-order valence-corrected chi connectivity index (χ3v) is 4.11. The summed E-state index contributed by atoms with van der Waals surface area (Å²) in [5.41, 5.74) is 2.10. The molecule has 0 spiro atoms. The van der Waals surface area contributed by atoms with Crippen LogP contribution in [-0.2, 0) is 16.1 Å². The maximum Gasteiger partial charge on any atom is 0.289 e. The average Bonchev–Trinajstić information content (AvgIpc) is 2.88. The molecule has 0 radical (unpaired) electrons. The Kier molecular flexibility index (Phi) is 4.93. The molecule has 2 N–H and O–H groups in total. The van der Waals surface area contributed by atoms with Crippen LogP contribution in [0.4, 0.5) is 0 Å². The van der Waals surface area contributed by atoms with Gasteiger partial charge in [-0.3, -0.25) is 9.59 Å². The lowest BCUT2D eigenvalue weighted by atomic mass is 10.2. The molecule has 0 saturated carbocycles. The lowest BCUT2D eigenvalue weighted by Gasteiger charge is -2.09. The SMILES string of the molecule is Cc1cccc(Oc2ccc(CNC(=O)C3=C(O)C(=O)N(C)C3)cc2)c1. The number of nitrogens with zero attached hydrogens (tertiary/aromatic N) is 1. The van der Waals surface area contributed by atoms with Crippen LogP contribution in [0.1, 0.15) is 11.1 Å². The Morgan fingerprint density at radius 3 is 2.54 bits per heavy atom. The van der Waals surface area contributed by atoms with Gasteiger partial charge in [-0.25, -0.2) is 0 Å². The van der Waals surface area contributed by atoms with Crippen LogP contribution in [0.2, 0.25) is 0 Å². The third-order valence-electron chi connectivity index (χ3n) is 4.11. The Morgan fingerprint density at radius 2 is 1.92 bits per heavy atom. The van der Waals surface area contributed by atoms with Crippen LogP contribution in [0, 0.1) is 6.92 Å². The highest BCUT2D eigenvalue weighted by Gasteiger charge is 2.31. The van der Waals surface area contributed by atoms with Crippen LogP contribution >= 0.6 is 0 Å². The normalized spacial score (nSPS) is 13.9. The molecule has 2 aromatic rings. The van der Waals surface area contributed by atoms with Crippen LogP contribution in [0.25, 0.3) is 0 Å². The first-order chi connectivity index (χ1) is 12.4. The first kappa shape index (κ1) is 17.5. The topological polar surface area (TPSA) is 78.9 Å². The van der Waals surface area contributed by atoms with E-state index in [2.05, 4.69) is 5.32 Å². The molecule has 0 fully saturated rings. The van der Waals surface area contributed by atoms with Crippen molar-refractivity contribution in [3.8, 4) is 11.5 Å². The van der Waals surface area contributed by atoms with Crippen LogP contribution < -0.4 is 10.1 Å². The van der Waals surface area contributed by atoms with E-state index >= 15 is 0 Å². The number of aliphatic hydroxyl groups excluding tert-OH is 1. The number of amides is 2. The summed E-state index contributed by atoms with van der Waals surface area (Å²) in [4.78, 5) is 24.9. The summed E-state index contributed by atoms with van der Waals surface area (Å²) in [6, 6.07) is 15.1. The van der Waals surface area contributed by atoms with E-state index in [1.807, 2.05) is 55.5 Å². The molecule has 3 rings (SSSR count). The molecular weight excluding hydrogens is 332 g/mol. The molecule has 6 nitrogen and oxygen atoms in total. The standard InChI is InChI=1S/C20H20N2O4/c1-13-4-3-5-16(10-13)26-15-8-6-14(7-9-15)11-21-19(24)17-12-22(2)20(25)18(17)23/h3-10,23H,11-12H2,1-2H3,(H,21,24). The van der Waals surface area contributed by atoms with Crippen molar-refractivity contribution >= 4 is 11.8 Å². The minimum Gasteiger partial charge on any atom is -0.503 e. The highest BCUT2D eigenvalue weighted by molar-refractivity contribution is 6.06. The molecule has 1 aliphatic heterocycles. The maximum absolute atomic E-state index is 12.1. The molecule has 0 aliphatic carbocycles. The first-order valence-corrected chi connectivity index (χ1v) is 8.23. The molecule has 2 aromatic carbocycles. The minimum absolute atomic E-state index is 0.0944. The second-order valence-corrected chi connectivity index (χ2v) is 6.23. The van der Waals surface area contributed by atoms with E-state index in [4.69, 9.17) is 4.74 Å². The number of aryl methyl sites for hydroxylation is 1. The van der Waals surface area contributed by atoms with Crippen molar-refractivity contribution in [2.75, 3.05) is 13.6 Å². The van der Waals surface area contributed by atoms with Gasteiger partial charge in [0.2, 0.25) is 0 Å². The van der Waals surface area contributed by atoms with Gasteiger partial charge < -0.3 is 20.1 Å². The van der Waals surface area contributed by atoms with Gasteiger partial charge in [0.15, 0.2) is 5.76 Å². The predicted molar refractivity (Wildman–Crippen MR) is 96.8 cm³/mol. The summed E-state index contributed by atoms with van der Waals surface area (Å²) in [5.74, 6) is 0.0116. The van der Waals surface area contributed by atoms with Crippen LogP contribution in [0.15, 0.2) is 59.9 Å². The lowest BCUT2D eigenvalue weighted by molar-refractivity contribution is -0.126. The Hall–Kier alpha value is -3.28. The molecule has 6 heteroatoms. The van der Waals surface area contributed by atoms with Crippen LogP contribution in [-0.4, -0.2) is 35.4 Å². The Bertz CT molecular complexity index is 872. The van der Waals surface area contributed by atoms with E-state index in [-0.39, 0.29) is 18.7 Å². The maximum atomic E-state index is 12.1. The minimum atomic E-state index is -0.534. The molecule has 134 valence electrons. The summed E-state index contributed by atoms with van der Waals surface area (Å²) in [6.45, 7) is 2.40. The molecule has 0 bridgehead atoms. The van der Waals surface area contributed by atoms with Crippen LogP contribution in [0.3, 0.4) is 0 Å². The summed E-state index contributed by atoms with van der Waals surface area (Å²) in [7, 11) is 1.53. The summed E-state index contributed by atoms with van der Waals surface area (Å²) >= 11 is 0. The number of carbonyl (C=O) groups is 2. The summed E-state index contributed by atoms with van der Waals surface area (Å²) in [5, 5.41) is 12.4. The van der Waals surface area contributed by atoms with Gasteiger partial charge in [-0.1, -0.05) is 24.3 Å². The van der Waals surface area contributed by atoms with Crippen molar-refractivity contribution in [2.45, 2.75) is 13.5 Å². The average molecular weight is 352 g/mol. The zero-order chi connectivity index (χ0) is 18.7. The summed E-state index contributed by atoms with van der Waals surface area (Å²) < 4.78 is 5.79. The fourth-order valence-corrected chi connectivity index (χ4v) is 2.65. The van der Waals surface area contributed by atoms with Crippen molar-refractivity contribution in [3.05, 3.63) is 71.0 Å². The molecule has 1 heterocycles. The van der Waals surface area contributed by atoms with E-state index in [0.29, 0.717) is 5.75 Å². The predicted octanol–water partition coefficient (Wildman–Crippen LogP) is 2.69. The smallest absolute Gasteiger partial charge is 0.289 e. The lowest BCUT2D eigenvalue weighted by Crippen LogP contribution is -2.27. The van der Waals surface area contributed by atoms with E-state index < -0.39 is 17.6 Å². The molecule has 0 saturated heterocycles. The highest BCUT2D eigenvalue weighted by Crippen LogP contribution is 2.22. The van der Waals surface area contributed by atoms with E-state index in [0.717, 1.165) is 16.9 Å². The molecule has 0 atom stereocenters. The number of aliphatic hydroxyl groups is 1. The van der Waals surface area contributed by atoms with E-state index in [1.165, 1.54) is 11.9 Å². The fourth-order valence-electron chi connectivity index (χ4n) is 2.65. The van der Waals surface area contributed by atoms with Crippen molar-refractivity contribution < 1.29 is 19.4 Å². The number of nitrogens with one attached hydrogen (secondary N) is 1. The number of hydrogen-bond acceptors (Lipinski definition) is 4. The number of rotatable bonds is 5. The second kappa shape index (κ2) is 7.31. The quantitative estimate of drug-likeness (QED) is 0.867.